The molecular weight excluding hydrogens is 612 g/mol. The topological polar surface area (TPSA) is 4.93 Å². The molecule has 2 aliphatic rings. The third-order valence-electron chi connectivity index (χ3n) is 11.8. The van der Waals surface area contributed by atoms with Gasteiger partial charge in [-0.3, -0.25) is 0 Å². The summed E-state index contributed by atoms with van der Waals surface area (Å²) in [5.41, 5.74) is 25.7. The highest BCUT2D eigenvalue weighted by molar-refractivity contribution is 7.02. The summed E-state index contributed by atoms with van der Waals surface area (Å²) >= 11 is 0. The summed E-state index contributed by atoms with van der Waals surface area (Å²) in [6.45, 7) is 13.9. The minimum atomic E-state index is 0.111. The zero-order valence-electron chi connectivity index (χ0n) is 30.2. The van der Waals surface area contributed by atoms with E-state index in [1.807, 2.05) is 0 Å². The molecule has 1 aromatic heterocycles. The van der Waals surface area contributed by atoms with Crippen LogP contribution in [0.25, 0.3) is 49.7 Å². The molecule has 3 heterocycles. The Morgan fingerprint density at radius 3 is 1.16 bits per heavy atom. The van der Waals surface area contributed by atoms with E-state index < -0.39 is 0 Å². The van der Waals surface area contributed by atoms with Gasteiger partial charge in [0.25, 0.3) is 0 Å². The average molecular weight is 651 g/mol. The van der Waals surface area contributed by atoms with Crippen LogP contribution in [0.1, 0.15) is 33.4 Å². The first kappa shape index (κ1) is 30.3. The molecule has 0 amide bonds. The van der Waals surface area contributed by atoms with Gasteiger partial charge in [-0.15, -0.1) is 0 Å². The van der Waals surface area contributed by atoms with Gasteiger partial charge in [0.1, 0.15) is 0 Å². The molecule has 1 nitrogen and oxygen atoms in total. The van der Waals surface area contributed by atoms with Gasteiger partial charge in [-0.1, -0.05) is 160 Å². The Hall–Kier alpha value is -5.53. The summed E-state index contributed by atoms with van der Waals surface area (Å²) in [5.74, 6) is 0. The number of hydrogen-bond donors (Lipinski definition) is 0. The van der Waals surface area contributed by atoms with Crippen LogP contribution in [-0.2, 0) is 0 Å². The summed E-state index contributed by atoms with van der Waals surface area (Å²) in [6, 6.07) is 48.6. The Labute approximate surface area is 301 Å². The zero-order chi connectivity index (χ0) is 34.7. The van der Waals surface area contributed by atoms with Crippen LogP contribution in [0.15, 0.2) is 127 Å². The number of para-hydroxylation sites is 1. The maximum Gasteiger partial charge on any atom is 0.247 e. The maximum absolute atomic E-state index is 2.67. The molecule has 10 rings (SSSR count). The Bertz CT molecular complexity index is 2520. The van der Waals surface area contributed by atoms with E-state index in [1.165, 1.54) is 116 Å². The molecule has 0 saturated carbocycles. The van der Waals surface area contributed by atoms with Crippen molar-refractivity contribution < 1.29 is 0 Å². The molecular formula is C48H39B2N. The summed E-state index contributed by atoms with van der Waals surface area (Å²) in [7, 11) is 0. The van der Waals surface area contributed by atoms with E-state index in [0.717, 1.165) is 0 Å². The highest BCUT2D eigenvalue weighted by Gasteiger charge is 2.43. The fourth-order valence-corrected chi connectivity index (χ4v) is 10.1. The highest BCUT2D eigenvalue weighted by atomic mass is 15.0. The molecule has 7 aromatic carbocycles. The number of hydrogen-bond acceptors (Lipinski definition) is 0. The van der Waals surface area contributed by atoms with E-state index in [1.54, 1.807) is 0 Å². The lowest BCUT2D eigenvalue weighted by molar-refractivity contribution is 1.20. The molecule has 0 aliphatic carbocycles. The van der Waals surface area contributed by atoms with Crippen molar-refractivity contribution in [2.75, 3.05) is 0 Å². The van der Waals surface area contributed by atoms with Crippen molar-refractivity contribution in [3.8, 4) is 27.9 Å². The maximum atomic E-state index is 2.67. The zero-order valence-corrected chi connectivity index (χ0v) is 30.2. The molecule has 2 aliphatic heterocycles. The fraction of sp³-hybridized carbons (Fsp3) is 0.125. The van der Waals surface area contributed by atoms with Crippen molar-refractivity contribution in [2.24, 2.45) is 0 Å². The van der Waals surface area contributed by atoms with Crippen molar-refractivity contribution in [3.05, 3.63) is 161 Å². The van der Waals surface area contributed by atoms with Crippen molar-refractivity contribution in [1.29, 1.82) is 0 Å². The van der Waals surface area contributed by atoms with E-state index in [0.29, 0.717) is 0 Å². The SMILES string of the molecule is Cc1cc(C)c(B2c3cccc4c3-n3c5c2cc(-c2ccccc2)cc5c2cc(-c5ccccc5)cc(c23)B4c2c(C)cc(C)cc2C)c(C)c1. The van der Waals surface area contributed by atoms with Gasteiger partial charge in [0.05, 0.1) is 0 Å². The molecule has 0 fully saturated rings. The average Bonchev–Trinajstić information content (AvgIpc) is 3.45. The number of rotatable bonds is 4. The minimum Gasteiger partial charge on any atom is -0.311 e. The molecule has 3 heteroatoms. The first-order chi connectivity index (χ1) is 24.8. The Morgan fingerprint density at radius 1 is 0.373 bits per heavy atom. The standard InChI is InChI=1S/C48H39B2N/c1-28-20-30(3)44(31(4)21-28)49-40-18-13-19-41-48(40)51-46-38(24-36(26-42(46)49)34-14-9-7-10-15-34)39-25-37(35-16-11-8-12-17-35)27-43(47(39)51)50(41)45-32(5)22-29(2)23-33(45)6/h7-27H,1-6H3. The van der Waals surface area contributed by atoms with E-state index >= 15 is 0 Å². The lowest BCUT2D eigenvalue weighted by atomic mass is 9.30. The Balaban J connectivity index is 1.44. The van der Waals surface area contributed by atoms with Gasteiger partial charge < -0.3 is 4.57 Å². The van der Waals surface area contributed by atoms with Crippen molar-refractivity contribution in [2.45, 2.75) is 41.5 Å². The lowest BCUT2D eigenvalue weighted by Crippen LogP contribution is -2.64. The van der Waals surface area contributed by atoms with Gasteiger partial charge in [-0.25, -0.2) is 0 Å². The van der Waals surface area contributed by atoms with Crippen LogP contribution in [0.4, 0.5) is 0 Å². The normalized spacial score (nSPS) is 12.8. The minimum absolute atomic E-state index is 0.111. The van der Waals surface area contributed by atoms with Crippen LogP contribution in [0, 0.1) is 41.5 Å². The second kappa shape index (κ2) is 11.0. The van der Waals surface area contributed by atoms with Crippen LogP contribution in [-0.4, -0.2) is 18.0 Å². The van der Waals surface area contributed by atoms with Gasteiger partial charge in [-0.2, -0.15) is 0 Å². The van der Waals surface area contributed by atoms with E-state index in [9.17, 15) is 0 Å². The number of aryl methyl sites for hydroxylation is 6. The lowest BCUT2D eigenvalue weighted by Gasteiger charge is -2.36. The van der Waals surface area contributed by atoms with Crippen molar-refractivity contribution in [3.63, 3.8) is 0 Å². The van der Waals surface area contributed by atoms with Crippen molar-refractivity contribution >= 4 is 68.0 Å². The molecule has 8 aromatic rings. The molecule has 0 atom stereocenters. The molecule has 0 spiro atoms. The number of fused-ring (bicyclic) bond motifs is 1. The predicted molar refractivity (Wildman–Crippen MR) is 222 cm³/mol. The third kappa shape index (κ3) is 4.31. The number of benzene rings is 7. The molecule has 0 radical (unpaired) electrons. The second-order valence-electron chi connectivity index (χ2n) is 15.3. The first-order valence-electron chi connectivity index (χ1n) is 18.3. The Morgan fingerprint density at radius 2 is 0.765 bits per heavy atom. The summed E-state index contributed by atoms with van der Waals surface area (Å²) in [4.78, 5) is 0. The monoisotopic (exact) mass is 651 g/mol. The van der Waals surface area contributed by atoms with E-state index in [-0.39, 0.29) is 13.4 Å². The summed E-state index contributed by atoms with van der Waals surface area (Å²) in [6.07, 6.45) is 0. The van der Waals surface area contributed by atoms with Crippen LogP contribution >= 0.6 is 0 Å². The quantitative estimate of drug-likeness (QED) is 0.173. The van der Waals surface area contributed by atoms with Gasteiger partial charge in [0, 0.05) is 27.5 Å². The second-order valence-corrected chi connectivity index (χ2v) is 15.3. The predicted octanol–water partition coefficient (Wildman–Crippen LogP) is 7.63. The third-order valence-corrected chi connectivity index (χ3v) is 11.8. The van der Waals surface area contributed by atoms with Gasteiger partial charge in [0.15, 0.2) is 0 Å². The van der Waals surface area contributed by atoms with E-state index in [2.05, 4.69) is 174 Å². The largest absolute Gasteiger partial charge is 0.311 e. The van der Waals surface area contributed by atoms with Gasteiger partial charge in [-0.05, 0) is 97.8 Å². The van der Waals surface area contributed by atoms with Crippen LogP contribution in [0.5, 0.6) is 0 Å². The van der Waals surface area contributed by atoms with Crippen molar-refractivity contribution in [1.82, 2.24) is 4.57 Å². The van der Waals surface area contributed by atoms with Gasteiger partial charge in [0.2, 0.25) is 13.4 Å². The van der Waals surface area contributed by atoms with E-state index in [4.69, 9.17) is 0 Å². The Kier molecular flexibility index (Phi) is 6.53. The number of aromatic nitrogens is 1. The number of nitrogens with zero attached hydrogens (tertiary/aromatic N) is 1. The molecule has 0 unspecified atom stereocenters. The van der Waals surface area contributed by atoms with Crippen LogP contribution in [0.3, 0.4) is 0 Å². The molecule has 51 heavy (non-hydrogen) atoms. The van der Waals surface area contributed by atoms with Crippen LogP contribution < -0.4 is 32.8 Å². The van der Waals surface area contributed by atoms with Gasteiger partial charge >= 0.3 is 0 Å². The smallest absolute Gasteiger partial charge is 0.247 e. The first-order valence-corrected chi connectivity index (χ1v) is 18.3. The van der Waals surface area contributed by atoms with Crippen LogP contribution in [0.2, 0.25) is 0 Å². The highest BCUT2D eigenvalue weighted by Crippen LogP contribution is 2.39. The summed E-state index contributed by atoms with van der Waals surface area (Å²) < 4.78 is 2.67. The summed E-state index contributed by atoms with van der Waals surface area (Å²) in [5, 5.41) is 2.68. The fourth-order valence-electron chi connectivity index (χ4n) is 10.1. The molecule has 242 valence electrons. The molecule has 0 N–H and O–H groups in total. The molecule has 0 saturated heterocycles. The molecule has 0 bridgehead atoms.